The predicted molar refractivity (Wildman–Crippen MR) is 79.8 cm³/mol. The molecule has 1 aromatic heterocycles. The predicted octanol–water partition coefficient (Wildman–Crippen LogP) is 3.47. The number of hydrogen-bond acceptors (Lipinski definition) is 4. The Morgan fingerprint density at radius 2 is 2.14 bits per heavy atom. The van der Waals surface area contributed by atoms with E-state index in [2.05, 4.69) is 9.72 Å². The SMILES string of the molecule is CCc1ccc(-c2cc(N)c(Cl)c(C(=O)OC)n2)c(F)c1. The molecule has 21 heavy (non-hydrogen) atoms. The molecule has 0 amide bonds. The van der Waals surface area contributed by atoms with Gasteiger partial charge in [-0.3, -0.25) is 0 Å². The number of nitrogens with zero attached hydrogens (tertiary/aromatic N) is 1. The number of benzene rings is 1. The first-order chi connectivity index (χ1) is 9.97. The minimum Gasteiger partial charge on any atom is -0.464 e. The average molecular weight is 309 g/mol. The molecule has 0 unspecified atom stereocenters. The smallest absolute Gasteiger partial charge is 0.358 e. The van der Waals surface area contributed by atoms with Crippen molar-refractivity contribution in [2.75, 3.05) is 12.8 Å². The fourth-order valence-electron chi connectivity index (χ4n) is 1.91. The molecule has 0 atom stereocenters. The van der Waals surface area contributed by atoms with Crippen LogP contribution in [0.3, 0.4) is 0 Å². The van der Waals surface area contributed by atoms with Gasteiger partial charge in [0.05, 0.1) is 23.5 Å². The third kappa shape index (κ3) is 2.97. The van der Waals surface area contributed by atoms with Gasteiger partial charge in [-0.05, 0) is 30.2 Å². The highest BCUT2D eigenvalue weighted by atomic mass is 35.5. The molecule has 0 aliphatic carbocycles. The molecule has 0 bridgehead atoms. The lowest BCUT2D eigenvalue weighted by atomic mass is 10.1. The zero-order valence-electron chi connectivity index (χ0n) is 11.6. The summed E-state index contributed by atoms with van der Waals surface area (Å²) in [6.07, 6.45) is 0.723. The van der Waals surface area contributed by atoms with Crippen LogP contribution in [0.25, 0.3) is 11.3 Å². The number of aryl methyl sites for hydroxylation is 1. The highest BCUT2D eigenvalue weighted by Crippen LogP contribution is 2.30. The van der Waals surface area contributed by atoms with Crippen LogP contribution in [-0.2, 0) is 11.2 Å². The molecule has 0 aliphatic heterocycles. The van der Waals surface area contributed by atoms with Gasteiger partial charge in [-0.15, -0.1) is 0 Å². The molecule has 0 radical (unpaired) electrons. The molecule has 2 rings (SSSR count). The summed E-state index contributed by atoms with van der Waals surface area (Å²) in [7, 11) is 1.21. The lowest BCUT2D eigenvalue weighted by Gasteiger charge is -2.10. The van der Waals surface area contributed by atoms with E-state index < -0.39 is 11.8 Å². The normalized spacial score (nSPS) is 10.5. The second kappa shape index (κ2) is 6.10. The topological polar surface area (TPSA) is 65.2 Å². The van der Waals surface area contributed by atoms with Gasteiger partial charge in [-0.2, -0.15) is 0 Å². The molecular formula is C15H14ClFN2O2. The summed E-state index contributed by atoms with van der Waals surface area (Å²) in [6.45, 7) is 1.93. The highest BCUT2D eigenvalue weighted by molar-refractivity contribution is 6.35. The van der Waals surface area contributed by atoms with E-state index in [1.54, 1.807) is 12.1 Å². The summed E-state index contributed by atoms with van der Waals surface area (Å²) in [4.78, 5) is 15.7. The number of nitrogen functional groups attached to an aromatic ring is 1. The molecule has 6 heteroatoms. The van der Waals surface area contributed by atoms with Crippen LogP contribution < -0.4 is 5.73 Å². The number of nitrogens with two attached hydrogens (primary N) is 1. The number of pyridine rings is 1. The zero-order valence-corrected chi connectivity index (χ0v) is 12.4. The van der Waals surface area contributed by atoms with Crippen molar-refractivity contribution in [1.82, 2.24) is 4.98 Å². The Labute approximate surface area is 126 Å². The van der Waals surface area contributed by atoms with Gasteiger partial charge in [0.1, 0.15) is 5.82 Å². The summed E-state index contributed by atoms with van der Waals surface area (Å²) in [6, 6.07) is 6.26. The summed E-state index contributed by atoms with van der Waals surface area (Å²) < 4.78 is 18.7. The molecule has 0 aliphatic rings. The maximum Gasteiger partial charge on any atom is 0.358 e. The number of hydrogen-bond donors (Lipinski definition) is 1. The number of carbonyl (C=O) groups excluding carboxylic acids is 1. The Morgan fingerprint density at radius 1 is 1.43 bits per heavy atom. The van der Waals surface area contributed by atoms with E-state index in [1.165, 1.54) is 19.2 Å². The minimum absolute atomic E-state index is 0.00353. The van der Waals surface area contributed by atoms with Crippen LogP contribution in [0.5, 0.6) is 0 Å². The van der Waals surface area contributed by atoms with Gasteiger partial charge in [0.25, 0.3) is 0 Å². The number of anilines is 1. The standard InChI is InChI=1S/C15H14ClFN2O2/c1-3-8-4-5-9(10(17)6-8)12-7-11(18)13(16)14(19-12)15(20)21-2/h4-7H,3H2,1-2H3,(H2,18,19). The number of carbonyl (C=O) groups is 1. The van der Waals surface area contributed by atoms with Crippen molar-refractivity contribution in [3.05, 3.63) is 46.4 Å². The molecule has 2 N–H and O–H groups in total. The third-order valence-corrected chi connectivity index (χ3v) is 3.48. The molecule has 0 saturated carbocycles. The van der Waals surface area contributed by atoms with Crippen molar-refractivity contribution in [3.8, 4) is 11.3 Å². The lowest BCUT2D eigenvalue weighted by molar-refractivity contribution is 0.0594. The first-order valence-corrected chi connectivity index (χ1v) is 6.68. The van der Waals surface area contributed by atoms with E-state index in [1.807, 2.05) is 6.92 Å². The molecule has 0 spiro atoms. The van der Waals surface area contributed by atoms with Gasteiger partial charge in [-0.25, -0.2) is 14.2 Å². The second-order valence-corrected chi connectivity index (χ2v) is 4.80. The van der Waals surface area contributed by atoms with Crippen LogP contribution in [0.4, 0.5) is 10.1 Å². The molecule has 0 fully saturated rings. The van der Waals surface area contributed by atoms with Crippen molar-refractivity contribution in [2.45, 2.75) is 13.3 Å². The van der Waals surface area contributed by atoms with Crippen LogP contribution >= 0.6 is 11.6 Å². The lowest BCUT2D eigenvalue weighted by Crippen LogP contribution is -2.08. The second-order valence-electron chi connectivity index (χ2n) is 4.42. The molecule has 0 saturated heterocycles. The van der Waals surface area contributed by atoms with E-state index in [0.717, 1.165) is 12.0 Å². The van der Waals surface area contributed by atoms with E-state index >= 15 is 0 Å². The van der Waals surface area contributed by atoms with E-state index in [-0.39, 0.29) is 27.7 Å². The Balaban J connectivity index is 2.59. The van der Waals surface area contributed by atoms with Crippen molar-refractivity contribution in [3.63, 3.8) is 0 Å². The Kier molecular flexibility index (Phi) is 4.43. The first kappa shape index (κ1) is 15.3. The van der Waals surface area contributed by atoms with Crippen molar-refractivity contribution in [1.29, 1.82) is 0 Å². The Morgan fingerprint density at radius 3 is 2.71 bits per heavy atom. The monoisotopic (exact) mass is 308 g/mol. The first-order valence-electron chi connectivity index (χ1n) is 6.31. The number of esters is 1. The van der Waals surface area contributed by atoms with Gasteiger partial charge in [0.2, 0.25) is 0 Å². The Bertz CT molecular complexity index is 704. The summed E-state index contributed by atoms with van der Waals surface area (Å²) >= 11 is 5.93. The fourth-order valence-corrected chi connectivity index (χ4v) is 2.08. The van der Waals surface area contributed by atoms with Crippen LogP contribution in [-0.4, -0.2) is 18.1 Å². The van der Waals surface area contributed by atoms with Gasteiger partial charge in [0.15, 0.2) is 5.69 Å². The molecule has 110 valence electrons. The fraction of sp³-hybridized carbons (Fsp3) is 0.200. The van der Waals surface area contributed by atoms with E-state index in [4.69, 9.17) is 17.3 Å². The van der Waals surface area contributed by atoms with Crippen molar-refractivity contribution < 1.29 is 13.9 Å². The maximum atomic E-state index is 14.1. The van der Waals surface area contributed by atoms with Crippen LogP contribution in [0.1, 0.15) is 23.0 Å². The van der Waals surface area contributed by atoms with Gasteiger partial charge in [0, 0.05) is 5.56 Å². The van der Waals surface area contributed by atoms with E-state index in [9.17, 15) is 9.18 Å². The highest BCUT2D eigenvalue weighted by Gasteiger charge is 2.18. The largest absolute Gasteiger partial charge is 0.464 e. The molecule has 1 heterocycles. The van der Waals surface area contributed by atoms with Crippen LogP contribution in [0.15, 0.2) is 24.3 Å². The Hall–Kier alpha value is -2.14. The quantitative estimate of drug-likeness (QED) is 0.882. The maximum absolute atomic E-state index is 14.1. The average Bonchev–Trinajstić information content (AvgIpc) is 2.49. The minimum atomic E-state index is -0.723. The van der Waals surface area contributed by atoms with Gasteiger partial charge in [-0.1, -0.05) is 24.6 Å². The summed E-state index contributed by atoms with van der Waals surface area (Å²) in [5, 5.41) is -0.00353. The number of rotatable bonds is 3. The van der Waals surface area contributed by atoms with Gasteiger partial charge < -0.3 is 10.5 Å². The zero-order chi connectivity index (χ0) is 15.6. The van der Waals surface area contributed by atoms with E-state index in [0.29, 0.717) is 0 Å². The van der Waals surface area contributed by atoms with Gasteiger partial charge >= 0.3 is 5.97 Å². The molecule has 2 aromatic rings. The molecular weight excluding hydrogens is 295 g/mol. The third-order valence-electron chi connectivity index (χ3n) is 3.08. The van der Waals surface area contributed by atoms with Crippen molar-refractivity contribution in [2.24, 2.45) is 0 Å². The number of methoxy groups -OCH3 is 1. The molecule has 1 aromatic carbocycles. The molecule has 4 nitrogen and oxygen atoms in total. The number of halogens is 2. The van der Waals surface area contributed by atoms with Crippen LogP contribution in [0, 0.1) is 5.82 Å². The number of aromatic nitrogens is 1. The number of ether oxygens (including phenoxy) is 1. The van der Waals surface area contributed by atoms with Crippen molar-refractivity contribution >= 4 is 23.3 Å². The summed E-state index contributed by atoms with van der Waals surface area (Å²) in [5.41, 5.74) is 7.12. The van der Waals surface area contributed by atoms with Crippen LogP contribution in [0.2, 0.25) is 5.02 Å². The summed E-state index contributed by atoms with van der Waals surface area (Å²) in [5.74, 6) is -1.15.